The van der Waals surface area contributed by atoms with Gasteiger partial charge in [0.25, 0.3) is 5.91 Å². The second kappa shape index (κ2) is 6.64. The van der Waals surface area contributed by atoms with E-state index >= 15 is 0 Å². The second-order valence-corrected chi connectivity index (χ2v) is 5.49. The van der Waals surface area contributed by atoms with E-state index in [1.54, 1.807) is 25.3 Å². The third-order valence-corrected chi connectivity index (χ3v) is 4.18. The number of amides is 1. The van der Waals surface area contributed by atoms with Crippen molar-refractivity contribution in [3.8, 4) is 5.75 Å². The van der Waals surface area contributed by atoms with Crippen molar-refractivity contribution in [2.75, 3.05) is 19.9 Å². The lowest BCUT2D eigenvalue weighted by Gasteiger charge is -2.28. The molecule has 0 aromatic heterocycles. The molecule has 1 aromatic carbocycles. The zero-order valence-corrected chi connectivity index (χ0v) is 12.4. The van der Waals surface area contributed by atoms with Crippen molar-refractivity contribution in [1.29, 1.82) is 0 Å². The van der Waals surface area contributed by atoms with Gasteiger partial charge in [-0.15, -0.1) is 0 Å². The van der Waals surface area contributed by atoms with Gasteiger partial charge in [-0.2, -0.15) is 0 Å². The Morgan fingerprint density at radius 2 is 1.90 bits per heavy atom. The molecule has 0 heterocycles. The third kappa shape index (κ3) is 3.06. The molecule has 1 aliphatic rings. The molecule has 0 atom stereocenters. The van der Waals surface area contributed by atoms with Gasteiger partial charge in [-0.25, -0.2) is 0 Å². The summed E-state index contributed by atoms with van der Waals surface area (Å²) in [7, 11) is 3.45. The third-order valence-electron chi connectivity index (χ3n) is 4.18. The van der Waals surface area contributed by atoms with E-state index in [4.69, 9.17) is 10.5 Å². The summed E-state index contributed by atoms with van der Waals surface area (Å²) in [5.41, 5.74) is 6.94. The SMILES string of the molecule is COc1cccc(N)c1C(=O)N(C)C1CCCCCC1. The van der Waals surface area contributed by atoms with Crippen LogP contribution in [0.15, 0.2) is 18.2 Å². The van der Waals surface area contributed by atoms with E-state index in [1.807, 2.05) is 11.9 Å². The number of hydrogen-bond donors (Lipinski definition) is 1. The lowest BCUT2D eigenvalue weighted by molar-refractivity contribution is 0.0715. The van der Waals surface area contributed by atoms with Gasteiger partial charge in [-0.3, -0.25) is 4.79 Å². The average molecular weight is 276 g/mol. The maximum Gasteiger partial charge on any atom is 0.259 e. The monoisotopic (exact) mass is 276 g/mol. The molecular weight excluding hydrogens is 252 g/mol. The Morgan fingerprint density at radius 3 is 2.50 bits per heavy atom. The Balaban J connectivity index is 2.21. The van der Waals surface area contributed by atoms with Crippen molar-refractivity contribution >= 4 is 11.6 Å². The Kier molecular flexibility index (Phi) is 4.88. The van der Waals surface area contributed by atoms with Crippen molar-refractivity contribution in [3.63, 3.8) is 0 Å². The summed E-state index contributed by atoms with van der Waals surface area (Å²) in [6.45, 7) is 0. The number of anilines is 1. The van der Waals surface area contributed by atoms with Crippen molar-refractivity contribution in [3.05, 3.63) is 23.8 Å². The fourth-order valence-electron chi connectivity index (χ4n) is 2.93. The Bertz CT molecular complexity index is 466. The first-order valence-corrected chi connectivity index (χ1v) is 7.34. The van der Waals surface area contributed by atoms with Gasteiger partial charge < -0.3 is 15.4 Å². The predicted octanol–water partition coefficient (Wildman–Crippen LogP) is 3.07. The average Bonchev–Trinajstić information content (AvgIpc) is 2.74. The van der Waals surface area contributed by atoms with Crippen LogP contribution in [0.3, 0.4) is 0 Å². The van der Waals surface area contributed by atoms with E-state index in [0.29, 0.717) is 23.0 Å². The van der Waals surface area contributed by atoms with Crippen LogP contribution in [0.2, 0.25) is 0 Å². The Hall–Kier alpha value is -1.71. The zero-order valence-electron chi connectivity index (χ0n) is 12.4. The molecule has 2 rings (SSSR count). The van der Waals surface area contributed by atoms with E-state index in [9.17, 15) is 4.79 Å². The fraction of sp³-hybridized carbons (Fsp3) is 0.562. The summed E-state index contributed by atoms with van der Waals surface area (Å²) in [6.07, 6.45) is 7.10. The molecule has 1 fully saturated rings. The number of benzene rings is 1. The van der Waals surface area contributed by atoms with Crippen LogP contribution in [0.1, 0.15) is 48.9 Å². The van der Waals surface area contributed by atoms with Crippen molar-refractivity contribution < 1.29 is 9.53 Å². The zero-order chi connectivity index (χ0) is 14.5. The summed E-state index contributed by atoms with van der Waals surface area (Å²) in [5, 5.41) is 0. The molecule has 110 valence electrons. The molecule has 0 bridgehead atoms. The number of methoxy groups -OCH3 is 1. The smallest absolute Gasteiger partial charge is 0.259 e. The van der Waals surface area contributed by atoms with Crippen LogP contribution in [0, 0.1) is 0 Å². The topological polar surface area (TPSA) is 55.6 Å². The molecule has 0 radical (unpaired) electrons. The van der Waals surface area contributed by atoms with Crippen LogP contribution in [0.5, 0.6) is 5.75 Å². The number of nitrogens with two attached hydrogens (primary N) is 1. The van der Waals surface area contributed by atoms with E-state index in [1.165, 1.54) is 25.7 Å². The number of rotatable bonds is 3. The normalized spacial score (nSPS) is 16.5. The van der Waals surface area contributed by atoms with Gasteiger partial charge in [0.1, 0.15) is 11.3 Å². The number of nitrogen functional groups attached to an aromatic ring is 1. The second-order valence-electron chi connectivity index (χ2n) is 5.49. The molecule has 0 aliphatic heterocycles. The number of carbonyl (C=O) groups is 1. The van der Waals surface area contributed by atoms with Crippen LogP contribution in [0.25, 0.3) is 0 Å². The molecule has 0 spiro atoms. The number of hydrogen-bond acceptors (Lipinski definition) is 3. The van der Waals surface area contributed by atoms with Gasteiger partial charge in [0, 0.05) is 18.8 Å². The van der Waals surface area contributed by atoms with Crippen molar-refractivity contribution in [1.82, 2.24) is 4.90 Å². The summed E-state index contributed by atoms with van der Waals surface area (Å²) < 4.78 is 5.28. The highest BCUT2D eigenvalue weighted by Crippen LogP contribution is 2.28. The summed E-state index contributed by atoms with van der Waals surface area (Å²) >= 11 is 0. The first kappa shape index (κ1) is 14.7. The molecule has 1 amide bonds. The molecular formula is C16H24N2O2. The largest absolute Gasteiger partial charge is 0.496 e. The minimum atomic E-state index is -0.0353. The minimum Gasteiger partial charge on any atom is -0.496 e. The van der Waals surface area contributed by atoms with Crippen LogP contribution >= 0.6 is 0 Å². The molecule has 4 heteroatoms. The highest BCUT2D eigenvalue weighted by atomic mass is 16.5. The van der Waals surface area contributed by atoms with Gasteiger partial charge >= 0.3 is 0 Å². The van der Waals surface area contributed by atoms with Crippen LogP contribution in [-0.4, -0.2) is 31.0 Å². The quantitative estimate of drug-likeness (QED) is 0.682. The van der Waals surface area contributed by atoms with Crippen LogP contribution < -0.4 is 10.5 Å². The molecule has 0 unspecified atom stereocenters. The molecule has 20 heavy (non-hydrogen) atoms. The van der Waals surface area contributed by atoms with E-state index in [2.05, 4.69) is 0 Å². The van der Waals surface area contributed by atoms with Gasteiger partial charge in [-0.1, -0.05) is 31.7 Å². The van der Waals surface area contributed by atoms with Crippen LogP contribution in [-0.2, 0) is 0 Å². The Labute approximate surface area is 120 Å². The van der Waals surface area contributed by atoms with Gasteiger partial charge in [0.15, 0.2) is 0 Å². The maximum atomic E-state index is 12.7. The van der Waals surface area contributed by atoms with E-state index in [-0.39, 0.29) is 5.91 Å². The first-order chi connectivity index (χ1) is 9.65. The predicted molar refractivity (Wildman–Crippen MR) is 81.0 cm³/mol. The molecule has 1 aromatic rings. The summed E-state index contributed by atoms with van der Waals surface area (Å²) in [5.74, 6) is 0.516. The highest BCUT2D eigenvalue weighted by Gasteiger charge is 2.25. The molecule has 2 N–H and O–H groups in total. The summed E-state index contributed by atoms with van der Waals surface area (Å²) in [6, 6.07) is 5.65. The lowest BCUT2D eigenvalue weighted by atomic mass is 10.0. The lowest BCUT2D eigenvalue weighted by Crippen LogP contribution is -2.37. The molecule has 4 nitrogen and oxygen atoms in total. The van der Waals surface area contributed by atoms with Crippen LogP contribution in [0.4, 0.5) is 5.69 Å². The minimum absolute atomic E-state index is 0.0353. The van der Waals surface area contributed by atoms with E-state index in [0.717, 1.165) is 12.8 Å². The highest BCUT2D eigenvalue weighted by molar-refractivity contribution is 6.01. The molecule has 1 saturated carbocycles. The molecule has 1 aliphatic carbocycles. The van der Waals surface area contributed by atoms with Gasteiger partial charge in [0.05, 0.1) is 7.11 Å². The van der Waals surface area contributed by atoms with Crippen molar-refractivity contribution in [2.24, 2.45) is 0 Å². The van der Waals surface area contributed by atoms with Gasteiger partial charge in [0.2, 0.25) is 0 Å². The van der Waals surface area contributed by atoms with Gasteiger partial charge in [-0.05, 0) is 25.0 Å². The number of ether oxygens (including phenoxy) is 1. The number of carbonyl (C=O) groups excluding carboxylic acids is 1. The van der Waals surface area contributed by atoms with Crippen molar-refractivity contribution in [2.45, 2.75) is 44.6 Å². The maximum absolute atomic E-state index is 12.7. The molecule has 0 saturated heterocycles. The van der Waals surface area contributed by atoms with E-state index < -0.39 is 0 Å². The summed E-state index contributed by atoms with van der Waals surface area (Å²) in [4.78, 5) is 14.6. The first-order valence-electron chi connectivity index (χ1n) is 7.34. The standard InChI is InChI=1S/C16H24N2O2/c1-18(12-8-5-3-4-6-9-12)16(19)15-13(17)10-7-11-14(15)20-2/h7,10-12H,3-6,8-9,17H2,1-2H3. The number of nitrogens with zero attached hydrogens (tertiary/aromatic N) is 1. The fourth-order valence-corrected chi connectivity index (χ4v) is 2.93. The Morgan fingerprint density at radius 1 is 1.25 bits per heavy atom.